The molecular formula is C31H30F2O6S2. The van der Waals surface area contributed by atoms with E-state index in [0.29, 0.717) is 19.3 Å². The second-order valence-electron chi connectivity index (χ2n) is 11.4. The Morgan fingerprint density at radius 3 is 1.88 bits per heavy atom. The topological polar surface area (TPSA) is 92.7 Å². The monoisotopic (exact) mass is 600 g/mol. The Morgan fingerprint density at radius 2 is 1.37 bits per heavy atom. The Hall–Kier alpha value is -2.95. The van der Waals surface area contributed by atoms with Crippen molar-refractivity contribution in [2.45, 2.75) is 58.1 Å². The predicted octanol–water partition coefficient (Wildman–Crippen LogP) is 6.04. The van der Waals surface area contributed by atoms with Crippen LogP contribution in [0.25, 0.3) is 0 Å². The van der Waals surface area contributed by atoms with Crippen molar-refractivity contribution in [2.24, 2.45) is 23.2 Å². The van der Waals surface area contributed by atoms with Crippen LogP contribution in [0, 0.1) is 23.2 Å². The van der Waals surface area contributed by atoms with Crippen LogP contribution in [0.5, 0.6) is 5.75 Å². The summed E-state index contributed by atoms with van der Waals surface area (Å²) in [7, 11) is -6.19. The predicted molar refractivity (Wildman–Crippen MR) is 147 cm³/mol. The molecule has 6 nitrogen and oxygen atoms in total. The van der Waals surface area contributed by atoms with Gasteiger partial charge in [-0.15, -0.1) is 0 Å². The normalized spacial score (nSPS) is 27.1. The van der Waals surface area contributed by atoms with Gasteiger partial charge in [0.05, 0.1) is 16.3 Å². The number of halogens is 2. The van der Waals surface area contributed by atoms with E-state index in [1.807, 2.05) is 48.5 Å². The van der Waals surface area contributed by atoms with E-state index in [-0.39, 0.29) is 34.8 Å². The molecule has 0 saturated heterocycles. The van der Waals surface area contributed by atoms with E-state index < -0.39 is 33.4 Å². The Morgan fingerprint density at radius 1 is 0.854 bits per heavy atom. The van der Waals surface area contributed by atoms with Gasteiger partial charge in [-0.3, -0.25) is 4.79 Å². The van der Waals surface area contributed by atoms with Crippen molar-refractivity contribution in [1.82, 2.24) is 0 Å². The van der Waals surface area contributed by atoms with Gasteiger partial charge >= 0.3 is 11.2 Å². The highest BCUT2D eigenvalue weighted by Gasteiger charge is 2.60. The molecule has 0 aliphatic heterocycles. The maximum Gasteiger partial charge on any atom is 0.367 e. The number of alkyl halides is 2. The summed E-state index contributed by atoms with van der Waals surface area (Å²) in [4.78, 5) is 16.6. The minimum Gasteiger partial charge on any atom is -0.743 e. The Kier molecular flexibility index (Phi) is 7.36. The number of hydrogen-bond donors (Lipinski definition) is 0. The number of carbonyl (C=O) groups is 1. The third kappa shape index (κ3) is 5.49. The second kappa shape index (κ2) is 10.7. The molecule has 41 heavy (non-hydrogen) atoms. The average molecular weight is 601 g/mol. The van der Waals surface area contributed by atoms with E-state index in [2.05, 4.69) is 36.4 Å². The van der Waals surface area contributed by atoms with Crippen LogP contribution in [0.3, 0.4) is 0 Å². The molecule has 3 aromatic rings. The number of hydrogen-bond acceptors (Lipinski definition) is 6. The zero-order valence-corrected chi connectivity index (χ0v) is 23.8. The SMILES string of the molecule is O=C(OCC(F)(F)S(=O)(=O)[O-])C12CC3CC(C1)C(Oc1ccc([S+](c4ccccc4)c4ccccc4)cc1)C(C3)C2. The first kappa shape index (κ1) is 28.2. The number of esters is 1. The van der Waals surface area contributed by atoms with Crippen molar-refractivity contribution < 1.29 is 36.0 Å². The molecule has 4 saturated carbocycles. The van der Waals surface area contributed by atoms with Crippen molar-refractivity contribution in [3.05, 3.63) is 84.9 Å². The van der Waals surface area contributed by atoms with Crippen LogP contribution in [0.1, 0.15) is 32.1 Å². The van der Waals surface area contributed by atoms with E-state index in [0.717, 1.165) is 18.6 Å². The molecule has 10 heteroatoms. The Labute approximate surface area is 241 Å². The summed E-state index contributed by atoms with van der Waals surface area (Å²) in [6, 6.07) is 28.9. The molecule has 0 spiro atoms. The van der Waals surface area contributed by atoms with Crippen LogP contribution in [0.2, 0.25) is 0 Å². The van der Waals surface area contributed by atoms with Crippen molar-refractivity contribution in [1.29, 1.82) is 0 Å². The van der Waals surface area contributed by atoms with Gasteiger partial charge in [-0.05, 0) is 98.4 Å². The van der Waals surface area contributed by atoms with Crippen LogP contribution < -0.4 is 4.74 Å². The van der Waals surface area contributed by atoms with Gasteiger partial charge in [0.15, 0.2) is 31.4 Å². The largest absolute Gasteiger partial charge is 0.743 e. The van der Waals surface area contributed by atoms with Gasteiger partial charge in [0.2, 0.25) is 0 Å². The highest BCUT2D eigenvalue weighted by molar-refractivity contribution is 7.97. The fourth-order valence-corrected chi connectivity index (χ4v) is 9.41. The van der Waals surface area contributed by atoms with E-state index in [4.69, 9.17) is 9.47 Å². The molecule has 4 aliphatic rings. The Bertz CT molecular complexity index is 1440. The molecule has 0 heterocycles. The van der Waals surface area contributed by atoms with Crippen LogP contribution in [-0.2, 0) is 30.5 Å². The molecule has 0 radical (unpaired) electrons. The quantitative estimate of drug-likeness (QED) is 0.169. The molecule has 0 N–H and O–H groups in total. The van der Waals surface area contributed by atoms with Gasteiger partial charge in [-0.2, -0.15) is 8.78 Å². The van der Waals surface area contributed by atoms with Gasteiger partial charge < -0.3 is 14.0 Å². The number of rotatable bonds is 9. The highest BCUT2D eigenvalue weighted by atomic mass is 32.2. The first-order chi connectivity index (χ1) is 19.5. The Balaban J connectivity index is 1.16. The summed E-state index contributed by atoms with van der Waals surface area (Å²) >= 11 is 0. The molecule has 4 bridgehead atoms. The lowest BCUT2D eigenvalue weighted by Crippen LogP contribution is -2.58. The first-order valence-electron chi connectivity index (χ1n) is 13.7. The average Bonchev–Trinajstić information content (AvgIpc) is 2.95. The zero-order valence-electron chi connectivity index (χ0n) is 22.2. The molecule has 0 amide bonds. The molecule has 4 aliphatic carbocycles. The molecule has 7 rings (SSSR count). The fourth-order valence-electron chi connectivity index (χ4n) is 7.13. The van der Waals surface area contributed by atoms with Crippen molar-refractivity contribution in [2.75, 3.05) is 6.61 Å². The van der Waals surface area contributed by atoms with E-state index >= 15 is 0 Å². The standard InChI is InChI=1S/C31H30F2O6S2/c32-31(33,41(35,36)37)20-38-29(34)30-17-21-15-22(18-30)28(23(16-21)19-30)39-24-11-13-27(14-12-24)40(25-7-3-1-4-8-25)26-9-5-2-6-10-26/h1-14,21-23,28H,15-20H2. The molecule has 2 atom stereocenters. The zero-order chi connectivity index (χ0) is 28.8. The molecule has 2 unspecified atom stereocenters. The molecule has 216 valence electrons. The highest BCUT2D eigenvalue weighted by Crippen LogP contribution is 2.61. The minimum absolute atomic E-state index is 0.0560. The minimum atomic E-state index is -5.92. The smallest absolute Gasteiger partial charge is 0.367 e. The maximum absolute atomic E-state index is 13.6. The summed E-state index contributed by atoms with van der Waals surface area (Å²) in [5.41, 5.74) is -0.942. The van der Waals surface area contributed by atoms with Crippen LogP contribution in [0.15, 0.2) is 99.6 Å². The number of benzene rings is 3. The van der Waals surface area contributed by atoms with Crippen LogP contribution >= 0.6 is 0 Å². The third-order valence-corrected chi connectivity index (χ3v) is 11.7. The van der Waals surface area contributed by atoms with Gasteiger partial charge in [0.25, 0.3) is 0 Å². The third-order valence-electron chi connectivity index (χ3n) is 8.65. The van der Waals surface area contributed by atoms with Crippen LogP contribution in [-0.4, -0.2) is 36.9 Å². The lowest BCUT2D eigenvalue weighted by molar-refractivity contribution is -0.186. The van der Waals surface area contributed by atoms with Gasteiger partial charge in [-0.1, -0.05) is 36.4 Å². The summed E-state index contributed by atoms with van der Waals surface area (Å²) in [6.07, 6.45) is 3.04. The van der Waals surface area contributed by atoms with E-state index in [1.165, 1.54) is 14.7 Å². The summed E-state index contributed by atoms with van der Waals surface area (Å²) in [6.45, 7) is -1.75. The van der Waals surface area contributed by atoms with Crippen molar-refractivity contribution in [3.63, 3.8) is 0 Å². The van der Waals surface area contributed by atoms with Crippen molar-refractivity contribution in [3.8, 4) is 5.75 Å². The van der Waals surface area contributed by atoms with Gasteiger partial charge in [-0.25, -0.2) is 8.42 Å². The summed E-state index contributed by atoms with van der Waals surface area (Å²) in [5, 5.41) is -4.65. The maximum atomic E-state index is 13.6. The van der Waals surface area contributed by atoms with E-state index in [1.54, 1.807) is 0 Å². The molecule has 0 aromatic heterocycles. The molecule has 4 fully saturated rings. The molecular weight excluding hydrogens is 570 g/mol. The van der Waals surface area contributed by atoms with E-state index in [9.17, 15) is 26.5 Å². The number of carbonyl (C=O) groups excluding carboxylic acids is 1. The first-order valence-corrected chi connectivity index (χ1v) is 16.3. The lowest BCUT2D eigenvalue weighted by Gasteiger charge is -2.58. The van der Waals surface area contributed by atoms with Crippen LogP contribution in [0.4, 0.5) is 8.78 Å². The van der Waals surface area contributed by atoms with Gasteiger partial charge in [0.1, 0.15) is 11.9 Å². The molecule has 3 aromatic carbocycles. The lowest BCUT2D eigenvalue weighted by atomic mass is 9.48. The van der Waals surface area contributed by atoms with Gasteiger partial charge in [0, 0.05) is 0 Å². The summed E-state index contributed by atoms with van der Waals surface area (Å²) < 4.78 is 71.0. The van der Waals surface area contributed by atoms with Crippen molar-refractivity contribution >= 4 is 27.0 Å². The number of ether oxygens (including phenoxy) is 2. The second-order valence-corrected chi connectivity index (χ2v) is 14.9. The summed E-state index contributed by atoms with van der Waals surface area (Å²) in [5.74, 6) is 0.274. The fraction of sp³-hybridized carbons (Fsp3) is 0.387.